The second-order valence-electron chi connectivity index (χ2n) is 6.46. The van der Waals surface area contributed by atoms with Gasteiger partial charge in [0.25, 0.3) is 11.2 Å². The third kappa shape index (κ3) is 4.05. The zero-order valence-electron chi connectivity index (χ0n) is 15.4. The maximum Gasteiger partial charge on any atom is 0.273 e. The third-order valence-electron chi connectivity index (χ3n) is 4.56. The number of hydrogen-bond acceptors (Lipinski definition) is 5. The summed E-state index contributed by atoms with van der Waals surface area (Å²) in [7, 11) is 0. The first-order valence-corrected chi connectivity index (χ1v) is 10.0. The number of hydrogen-bond donors (Lipinski definition) is 0. The largest absolute Gasteiger partial charge is 0.283 e. The van der Waals surface area contributed by atoms with Crippen molar-refractivity contribution in [3.05, 3.63) is 110 Å². The molecule has 7 heteroatoms. The van der Waals surface area contributed by atoms with Gasteiger partial charge in [0.15, 0.2) is 5.16 Å². The molecule has 0 bridgehead atoms. The van der Waals surface area contributed by atoms with Gasteiger partial charge in [-0.25, -0.2) is 4.98 Å². The zero-order chi connectivity index (χ0) is 20.2. The summed E-state index contributed by atoms with van der Waals surface area (Å²) in [4.78, 5) is 28.7. The first kappa shape index (κ1) is 18.9. The zero-order valence-corrected chi connectivity index (χ0v) is 16.2. The molecule has 0 aliphatic heterocycles. The van der Waals surface area contributed by atoms with E-state index >= 15 is 0 Å². The Balaban J connectivity index is 1.75. The molecule has 29 heavy (non-hydrogen) atoms. The van der Waals surface area contributed by atoms with E-state index in [-0.39, 0.29) is 16.2 Å². The topological polar surface area (TPSA) is 78.0 Å². The normalized spacial score (nSPS) is 10.9. The molecule has 0 aliphatic carbocycles. The lowest BCUT2D eigenvalue weighted by Crippen LogP contribution is -2.24. The molecule has 0 spiro atoms. The molecule has 0 unspecified atom stereocenters. The van der Waals surface area contributed by atoms with Crippen LogP contribution >= 0.6 is 11.8 Å². The molecule has 0 radical (unpaired) electrons. The fourth-order valence-corrected chi connectivity index (χ4v) is 4.11. The first-order chi connectivity index (χ1) is 14.1. The Morgan fingerprint density at radius 2 is 1.62 bits per heavy atom. The summed E-state index contributed by atoms with van der Waals surface area (Å²) in [5.74, 6) is 0.344. The average Bonchev–Trinajstić information content (AvgIpc) is 2.75. The fraction of sp³-hybridized carbons (Fsp3) is 0.0909. The van der Waals surface area contributed by atoms with Gasteiger partial charge in [0, 0.05) is 17.4 Å². The smallest absolute Gasteiger partial charge is 0.273 e. The monoisotopic (exact) mass is 403 g/mol. The van der Waals surface area contributed by atoms with Gasteiger partial charge < -0.3 is 0 Å². The molecule has 1 aromatic heterocycles. The highest BCUT2D eigenvalue weighted by atomic mass is 32.2. The van der Waals surface area contributed by atoms with Gasteiger partial charge >= 0.3 is 0 Å². The molecule has 144 valence electrons. The van der Waals surface area contributed by atoms with Gasteiger partial charge in [0.2, 0.25) is 0 Å². The summed E-state index contributed by atoms with van der Waals surface area (Å²) in [5, 5.41) is 12.4. The van der Waals surface area contributed by atoms with Gasteiger partial charge in [0.05, 0.1) is 22.4 Å². The molecule has 6 nitrogen and oxygen atoms in total. The number of thioether (sulfide) groups is 1. The Morgan fingerprint density at radius 3 is 2.41 bits per heavy atom. The van der Waals surface area contributed by atoms with Crippen molar-refractivity contribution in [2.24, 2.45) is 0 Å². The standard InChI is InChI=1S/C22H17N3O3S/c26-21-18-11-5-6-12-19(18)23-22(24(21)14-16-8-2-1-3-9-16)29-15-17-10-4-7-13-20(17)25(27)28/h1-13H,14-15H2. The van der Waals surface area contributed by atoms with Crippen LogP contribution in [0.4, 0.5) is 5.69 Å². The van der Waals surface area contributed by atoms with Crippen molar-refractivity contribution in [1.29, 1.82) is 0 Å². The van der Waals surface area contributed by atoms with Crippen LogP contribution in [0.3, 0.4) is 0 Å². The molecule has 4 aromatic rings. The van der Waals surface area contributed by atoms with Gasteiger partial charge in [-0.05, 0) is 17.7 Å². The van der Waals surface area contributed by atoms with Crippen LogP contribution in [0.25, 0.3) is 10.9 Å². The minimum absolute atomic E-state index is 0.0674. The average molecular weight is 403 g/mol. The number of aromatic nitrogens is 2. The van der Waals surface area contributed by atoms with Crippen LogP contribution in [-0.4, -0.2) is 14.5 Å². The Kier molecular flexibility index (Phi) is 5.39. The SMILES string of the molecule is O=c1c2ccccc2nc(SCc2ccccc2[N+](=O)[O-])n1Cc1ccccc1. The van der Waals surface area contributed by atoms with Crippen molar-refractivity contribution < 1.29 is 4.92 Å². The summed E-state index contributed by atoms with van der Waals surface area (Å²) in [6.45, 7) is 0.386. The summed E-state index contributed by atoms with van der Waals surface area (Å²) in [5.41, 5.74) is 2.14. The second kappa shape index (κ2) is 8.28. The number of nitrogens with zero attached hydrogens (tertiary/aromatic N) is 3. The molecule has 3 aromatic carbocycles. The fourth-order valence-electron chi connectivity index (χ4n) is 3.12. The summed E-state index contributed by atoms with van der Waals surface area (Å²) < 4.78 is 1.64. The van der Waals surface area contributed by atoms with Gasteiger partial charge in [-0.3, -0.25) is 19.5 Å². The Morgan fingerprint density at radius 1 is 0.931 bits per heavy atom. The lowest BCUT2D eigenvalue weighted by atomic mass is 10.2. The van der Waals surface area contributed by atoms with Crippen LogP contribution in [0.5, 0.6) is 0 Å². The van der Waals surface area contributed by atoms with Crippen molar-refractivity contribution in [2.45, 2.75) is 17.5 Å². The van der Waals surface area contributed by atoms with E-state index in [2.05, 4.69) is 4.98 Å². The van der Waals surface area contributed by atoms with Gasteiger partial charge in [-0.1, -0.05) is 72.4 Å². The molecule has 0 amide bonds. The quantitative estimate of drug-likeness (QED) is 0.203. The number of nitro groups is 1. The Labute approximate surface area is 171 Å². The number of rotatable bonds is 6. The highest BCUT2D eigenvalue weighted by molar-refractivity contribution is 7.98. The van der Waals surface area contributed by atoms with Crippen molar-refractivity contribution >= 4 is 28.4 Å². The molecular weight excluding hydrogens is 386 g/mol. The molecular formula is C22H17N3O3S. The maximum atomic E-state index is 13.1. The third-order valence-corrected chi connectivity index (χ3v) is 5.58. The van der Waals surface area contributed by atoms with Crippen LogP contribution in [0, 0.1) is 10.1 Å². The summed E-state index contributed by atoms with van der Waals surface area (Å²) in [6, 6.07) is 23.5. The van der Waals surface area contributed by atoms with Gasteiger partial charge in [0.1, 0.15) is 0 Å². The molecule has 1 heterocycles. The molecule has 0 aliphatic rings. The lowest BCUT2D eigenvalue weighted by molar-refractivity contribution is -0.385. The predicted molar refractivity (Wildman–Crippen MR) is 114 cm³/mol. The van der Waals surface area contributed by atoms with Gasteiger partial charge in [-0.2, -0.15) is 0 Å². The van der Waals surface area contributed by atoms with Crippen LogP contribution in [0.1, 0.15) is 11.1 Å². The van der Waals surface area contributed by atoms with Crippen molar-refractivity contribution in [1.82, 2.24) is 9.55 Å². The van der Waals surface area contributed by atoms with E-state index < -0.39 is 0 Å². The van der Waals surface area contributed by atoms with Crippen molar-refractivity contribution in [2.75, 3.05) is 0 Å². The summed E-state index contributed by atoms with van der Waals surface area (Å²) in [6.07, 6.45) is 0. The predicted octanol–water partition coefficient (Wildman–Crippen LogP) is 4.65. The van der Waals surface area contributed by atoms with Crippen molar-refractivity contribution in [3.8, 4) is 0 Å². The number of nitro benzene ring substituents is 1. The van der Waals surface area contributed by atoms with Crippen LogP contribution in [-0.2, 0) is 12.3 Å². The minimum Gasteiger partial charge on any atom is -0.283 e. The highest BCUT2D eigenvalue weighted by Gasteiger charge is 2.16. The Bertz CT molecular complexity index is 1240. The summed E-state index contributed by atoms with van der Waals surface area (Å²) >= 11 is 1.33. The number of fused-ring (bicyclic) bond motifs is 1. The van der Waals surface area contributed by atoms with Crippen LogP contribution in [0.15, 0.2) is 88.8 Å². The molecule has 0 atom stereocenters. The van der Waals surface area contributed by atoms with Gasteiger partial charge in [-0.15, -0.1) is 0 Å². The maximum absolute atomic E-state index is 13.1. The molecule has 0 saturated carbocycles. The molecule has 0 fully saturated rings. The van der Waals surface area contributed by atoms with Crippen LogP contribution < -0.4 is 5.56 Å². The minimum atomic E-state index is -0.388. The van der Waals surface area contributed by atoms with E-state index in [0.717, 1.165) is 5.56 Å². The molecule has 0 N–H and O–H groups in total. The number of benzene rings is 3. The van der Waals surface area contributed by atoms with Crippen molar-refractivity contribution in [3.63, 3.8) is 0 Å². The van der Waals surface area contributed by atoms with E-state index in [1.807, 2.05) is 42.5 Å². The highest BCUT2D eigenvalue weighted by Crippen LogP contribution is 2.27. The first-order valence-electron chi connectivity index (χ1n) is 9.02. The lowest BCUT2D eigenvalue weighted by Gasteiger charge is -2.13. The van der Waals surface area contributed by atoms with E-state index in [9.17, 15) is 14.9 Å². The Hall–Kier alpha value is -3.45. The van der Waals surface area contributed by atoms with Crippen LogP contribution in [0.2, 0.25) is 0 Å². The van der Waals surface area contributed by atoms with E-state index in [1.165, 1.54) is 17.8 Å². The molecule has 0 saturated heterocycles. The second-order valence-corrected chi connectivity index (χ2v) is 7.41. The van der Waals surface area contributed by atoms with E-state index in [4.69, 9.17) is 0 Å². The van der Waals surface area contributed by atoms with E-state index in [0.29, 0.717) is 33.9 Å². The molecule has 4 rings (SSSR count). The van der Waals surface area contributed by atoms with E-state index in [1.54, 1.807) is 34.9 Å². The number of para-hydroxylation sites is 2.